The number of aromatic nitrogens is 1. The first-order valence-corrected chi connectivity index (χ1v) is 6.63. The molecular formula is C12H22N2OS. The van der Waals surface area contributed by atoms with E-state index in [1.165, 1.54) is 4.88 Å². The SMILES string of the molecule is Cc1nc(CNC(CCO)C(C)C)sc1C. The van der Waals surface area contributed by atoms with E-state index in [0.717, 1.165) is 23.7 Å². The highest BCUT2D eigenvalue weighted by Gasteiger charge is 2.13. The molecular weight excluding hydrogens is 220 g/mol. The number of hydrogen-bond acceptors (Lipinski definition) is 4. The van der Waals surface area contributed by atoms with E-state index in [4.69, 9.17) is 5.11 Å². The minimum Gasteiger partial charge on any atom is -0.396 e. The van der Waals surface area contributed by atoms with Crippen LogP contribution < -0.4 is 5.32 Å². The molecule has 0 aliphatic rings. The summed E-state index contributed by atoms with van der Waals surface area (Å²) in [6.07, 6.45) is 0.807. The number of aryl methyl sites for hydroxylation is 2. The molecule has 0 aliphatic carbocycles. The number of aliphatic hydroxyl groups excluding tert-OH is 1. The number of thiazole rings is 1. The molecule has 1 rings (SSSR count). The fraction of sp³-hybridized carbons (Fsp3) is 0.750. The van der Waals surface area contributed by atoms with E-state index in [0.29, 0.717) is 12.0 Å². The van der Waals surface area contributed by atoms with Gasteiger partial charge in [0.25, 0.3) is 0 Å². The average Bonchev–Trinajstić information content (AvgIpc) is 2.53. The van der Waals surface area contributed by atoms with Crippen molar-refractivity contribution >= 4 is 11.3 Å². The molecule has 1 unspecified atom stereocenters. The fourth-order valence-electron chi connectivity index (χ4n) is 1.64. The number of rotatable bonds is 6. The van der Waals surface area contributed by atoms with Crippen LogP contribution in [0, 0.1) is 19.8 Å². The zero-order valence-electron chi connectivity index (χ0n) is 10.6. The summed E-state index contributed by atoms with van der Waals surface area (Å²) in [6.45, 7) is 9.54. The first kappa shape index (κ1) is 13.6. The van der Waals surface area contributed by atoms with Gasteiger partial charge in [-0.05, 0) is 26.2 Å². The number of hydrogen-bond donors (Lipinski definition) is 2. The van der Waals surface area contributed by atoms with Gasteiger partial charge in [-0.2, -0.15) is 0 Å². The Morgan fingerprint density at radius 1 is 1.38 bits per heavy atom. The first-order chi connectivity index (χ1) is 7.54. The highest BCUT2D eigenvalue weighted by Crippen LogP contribution is 2.17. The second-order valence-electron chi connectivity index (χ2n) is 4.49. The van der Waals surface area contributed by atoms with E-state index in [-0.39, 0.29) is 6.61 Å². The van der Waals surface area contributed by atoms with Crippen molar-refractivity contribution < 1.29 is 5.11 Å². The third-order valence-corrected chi connectivity index (χ3v) is 3.91. The van der Waals surface area contributed by atoms with Crippen molar-refractivity contribution in [3.05, 3.63) is 15.6 Å². The smallest absolute Gasteiger partial charge is 0.107 e. The molecule has 0 aromatic carbocycles. The molecule has 1 heterocycles. The van der Waals surface area contributed by atoms with Crippen LogP contribution >= 0.6 is 11.3 Å². The lowest BCUT2D eigenvalue weighted by molar-refractivity contribution is 0.244. The Balaban J connectivity index is 2.48. The molecule has 0 amide bonds. The summed E-state index contributed by atoms with van der Waals surface area (Å²) in [5, 5.41) is 13.6. The van der Waals surface area contributed by atoms with Crippen LogP contribution in [0.2, 0.25) is 0 Å². The topological polar surface area (TPSA) is 45.2 Å². The number of nitrogens with one attached hydrogen (secondary N) is 1. The van der Waals surface area contributed by atoms with Crippen molar-refractivity contribution in [3.63, 3.8) is 0 Å². The van der Waals surface area contributed by atoms with Gasteiger partial charge in [0.2, 0.25) is 0 Å². The molecule has 1 aromatic rings. The number of nitrogens with zero attached hydrogens (tertiary/aromatic N) is 1. The van der Waals surface area contributed by atoms with Gasteiger partial charge in [0.1, 0.15) is 5.01 Å². The Bertz CT molecular complexity index is 303. The third kappa shape index (κ3) is 3.85. The van der Waals surface area contributed by atoms with Crippen molar-refractivity contribution in [1.29, 1.82) is 0 Å². The normalized spacial score (nSPS) is 13.4. The van der Waals surface area contributed by atoms with Gasteiger partial charge < -0.3 is 10.4 Å². The quantitative estimate of drug-likeness (QED) is 0.804. The predicted octanol–water partition coefficient (Wildman–Crippen LogP) is 2.26. The van der Waals surface area contributed by atoms with Crippen LogP contribution in [0.15, 0.2) is 0 Å². The highest BCUT2D eigenvalue weighted by atomic mass is 32.1. The molecule has 0 fully saturated rings. The van der Waals surface area contributed by atoms with E-state index in [1.54, 1.807) is 11.3 Å². The largest absolute Gasteiger partial charge is 0.396 e. The van der Waals surface area contributed by atoms with Gasteiger partial charge in [-0.3, -0.25) is 0 Å². The van der Waals surface area contributed by atoms with Crippen LogP contribution in [0.4, 0.5) is 0 Å². The maximum absolute atomic E-state index is 8.98. The summed E-state index contributed by atoms with van der Waals surface area (Å²) >= 11 is 1.75. The third-order valence-electron chi connectivity index (χ3n) is 2.83. The molecule has 16 heavy (non-hydrogen) atoms. The minimum absolute atomic E-state index is 0.242. The van der Waals surface area contributed by atoms with E-state index >= 15 is 0 Å². The lowest BCUT2D eigenvalue weighted by atomic mass is 10.0. The molecule has 2 N–H and O–H groups in total. The van der Waals surface area contributed by atoms with Gasteiger partial charge >= 0.3 is 0 Å². The maximum Gasteiger partial charge on any atom is 0.107 e. The van der Waals surface area contributed by atoms with Gasteiger partial charge in [-0.1, -0.05) is 13.8 Å². The van der Waals surface area contributed by atoms with Gasteiger partial charge in [-0.25, -0.2) is 4.98 Å². The van der Waals surface area contributed by atoms with Crippen molar-refractivity contribution in [2.45, 2.75) is 46.7 Å². The molecule has 0 aliphatic heterocycles. The fourth-order valence-corrected chi connectivity index (χ4v) is 2.53. The van der Waals surface area contributed by atoms with Crippen LogP contribution in [-0.4, -0.2) is 22.7 Å². The lowest BCUT2D eigenvalue weighted by Crippen LogP contribution is -2.34. The van der Waals surface area contributed by atoms with E-state index < -0.39 is 0 Å². The first-order valence-electron chi connectivity index (χ1n) is 5.81. The highest BCUT2D eigenvalue weighted by molar-refractivity contribution is 7.11. The Morgan fingerprint density at radius 3 is 2.50 bits per heavy atom. The van der Waals surface area contributed by atoms with Crippen molar-refractivity contribution in [2.75, 3.05) is 6.61 Å². The molecule has 1 atom stereocenters. The maximum atomic E-state index is 8.98. The molecule has 0 bridgehead atoms. The Hall–Kier alpha value is -0.450. The standard InChI is InChI=1S/C12H22N2OS/c1-8(2)11(5-6-15)13-7-12-14-9(3)10(4)16-12/h8,11,13,15H,5-7H2,1-4H3. The second-order valence-corrected chi connectivity index (χ2v) is 5.78. The van der Waals surface area contributed by atoms with Crippen LogP contribution in [0.3, 0.4) is 0 Å². The van der Waals surface area contributed by atoms with Crippen LogP contribution in [0.25, 0.3) is 0 Å². The van der Waals surface area contributed by atoms with E-state index in [1.807, 2.05) is 6.92 Å². The molecule has 0 saturated carbocycles. The predicted molar refractivity (Wildman–Crippen MR) is 68.8 cm³/mol. The lowest BCUT2D eigenvalue weighted by Gasteiger charge is -2.20. The van der Waals surface area contributed by atoms with E-state index in [9.17, 15) is 0 Å². The van der Waals surface area contributed by atoms with Gasteiger partial charge in [-0.15, -0.1) is 11.3 Å². The summed E-state index contributed by atoms with van der Waals surface area (Å²) in [7, 11) is 0. The summed E-state index contributed by atoms with van der Waals surface area (Å²) < 4.78 is 0. The Labute approximate surface area is 102 Å². The van der Waals surface area contributed by atoms with Gasteiger partial charge in [0, 0.05) is 24.1 Å². The Morgan fingerprint density at radius 2 is 2.06 bits per heavy atom. The summed E-state index contributed by atoms with van der Waals surface area (Å²) in [6, 6.07) is 0.370. The zero-order valence-corrected chi connectivity index (χ0v) is 11.4. The molecule has 0 spiro atoms. The number of aliphatic hydroxyl groups is 1. The van der Waals surface area contributed by atoms with Gasteiger partial charge in [0.15, 0.2) is 0 Å². The summed E-state index contributed by atoms with van der Waals surface area (Å²) in [4.78, 5) is 5.79. The minimum atomic E-state index is 0.242. The monoisotopic (exact) mass is 242 g/mol. The second kappa shape index (κ2) is 6.33. The van der Waals surface area contributed by atoms with Crippen molar-refractivity contribution in [2.24, 2.45) is 5.92 Å². The Kier molecular flexibility index (Phi) is 5.38. The molecule has 4 heteroatoms. The zero-order chi connectivity index (χ0) is 12.1. The molecule has 0 radical (unpaired) electrons. The van der Waals surface area contributed by atoms with Crippen molar-refractivity contribution in [3.8, 4) is 0 Å². The van der Waals surface area contributed by atoms with Crippen LogP contribution in [0.1, 0.15) is 35.8 Å². The molecule has 92 valence electrons. The van der Waals surface area contributed by atoms with Gasteiger partial charge in [0.05, 0.1) is 5.69 Å². The van der Waals surface area contributed by atoms with Crippen LogP contribution in [0.5, 0.6) is 0 Å². The summed E-state index contributed by atoms with van der Waals surface area (Å²) in [5.74, 6) is 0.536. The average molecular weight is 242 g/mol. The molecule has 0 saturated heterocycles. The molecule has 3 nitrogen and oxygen atoms in total. The molecule has 1 aromatic heterocycles. The van der Waals surface area contributed by atoms with Crippen molar-refractivity contribution in [1.82, 2.24) is 10.3 Å². The van der Waals surface area contributed by atoms with E-state index in [2.05, 4.69) is 31.1 Å². The summed E-state index contributed by atoms with van der Waals surface area (Å²) in [5.41, 5.74) is 1.13. The van der Waals surface area contributed by atoms with Crippen LogP contribution in [-0.2, 0) is 6.54 Å².